The van der Waals surface area contributed by atoms with Gasteiger partial charge in [-0.15, -0.1) is 0 Å². The molecular formula is C16H18N2O3S. The number of primary amides is 1. The summed E-state index contributed by atoms with van der Waals surface area (Å²) in [6.07, 6.45) is 0.849. The zero-order valence-corrected chi connectivity index (χ0v) is 13.1. The number of benzene rings is 2. The standard InChI is InChI=1S/C16H18N2O3S/c1-2-13-8-10-14(11-9-13)18(12-16(17)19)22(20,21)15-6-4-3-5-7-15/h3-11H,2,12H2,1H3,(H2,17,19). The van der Waals surface area contributed by atoms with Gasteiger partial charge >= 0.3 is 0 Å². The first-order chi connectivity index (χ1) is 10.4. The molecule has 0 aliphatic carbocycles. The lowest BCUT2D eigenvalue weighted by atomic mass is 10.1. The van der Waals surface area contributed by atoms with Crippen LogP contribution in [-0.2, 0) is 21.2 Å². The van der Waals surface area contributed by atoms with E-state index in [9.17, 15) is 13.2 Å². The van der Waals surface area contributed by atoms with Crippen molar-refractivity contribution in [3.8, 4) is 0 Å². The summed E-state index contributed by atoms with van der Waals surface area (Å²) in [6, 6.07) is 15.0. The molecule has 0 spiro atoms. The Morgan fingerprint density at radius 3 is 2.14 bits per heavy atom. The van der Waals surface area contributed by atoms with Crippen LogP contribution in [0.15, 0.2) is 59.5 Å². The predicted octanol–water partition coefficient (Wildman–Crippen LogP) is 1.93. The van der Waals surface area contributed by atoms with Gasteiger partial charge in [-0.2, -0.15) is 0 Å². The van der Waals surface area contributed by atoms with Crippen molar-refractivity contribution in [3.63, 3.8) is 0 Å². The van der Waals surface area contributed by atoms with Crippen LogP contribution in [0.4, 0.5) is 5.69 Å². The average molecular weight is 318 g/mol. The molecule has 0 aliphatic heterocycles. The average Bonchev–Trinajstić information content (AvgIpc) is 2.53. The summed E-state index contributed by atoms with van der Waals surface area (Å²) in [5.74, 6) is -0.709. The van der Waals surface area contributed by atoms with E-state index in [0.717, 1.165) is 16.3 Å². The summed E-state index contributed by atoms with van der Waals surface area (Å²) in [5, 5.41) is 0. The first kappa shape index (κ1) is 16.0. The number of hydrogen-bond donors (Lipinski definition) is 1. The van der Waals surface area contributed by atoms with Gasteiger partial charge < -0.3 is 5.73 Å². The van der Waals surface area contributed by atoms with E-state index in [1.165, 1.54) is 12.1 Å². The molecule has 0 aliphatic rings. The molecule has 5 nitrogen and oxygen atoms in total. The minimum Gasteiger partial charge on any atom is -0.368 e. The number of hydrogen-bond acceptors (Lipinski definition) is 3. The lowest BCUT2D eigenvalue weighted by Gasteiger charge is -2.23. The van der Waals surface area contributed by atoms with Crippen LogP contribution in [-0.4, -0.2) is 20.9 Å². The fourth-order valence-corrected chi connectivity index (χ4v) is 3.53. The third-order valence-corrected chi connectivity index (χ3v) is 5.05. The van der Waals surface area contributed by atoms with Crippen molar-refractivity contribution in [2.45, 2.75) is 18.2 Å². The van der Waals surface area contributed by atoms with Crippen LogP contribution in [0.5, 0.6) is 0 Å². The first-order valence-corrected chi connectivity index (χ1v) is 8.34. The third kappa shape index (κ3) is 3.46. The van der Waals surface area contributed by atoms with Gasteiger partial charge in [0.2, 0.25) is 5.91 Å². The molecule has 0 unspecified atom stereocenters. The Balaban J connectivity index is 2.47. The lowest BCUT2D eigenvalue weighted by molar-refractivity contribution is -0.116. The second-order valence-corrected chi connectivity index (χ2v) is 6.67. The van der Waals surface area contributed by atoms with Crippen molar-refractivity contribution in [3.05, 3.63) is 60.2 Å². The second-order valence-electron chi connectivity index (χ2n) is 4.81. The molecule has 0 aromatic heterocycles. The molecule has 1 amide bonds. The third-order valence-electron chi connectivity index (χ3n) is 3.26. The van der Waals surface area contributed by atoms with Gasteiger partial charge in [-0.1, -0.05) is 37.3 Å². The largest absolute Gasteiger partial charge is 0.368 e. The minimum atomic E-state index is -3.84. The maximum Gasteiger partial charge on any atom is 0.264 e. The summed E-state index contributed by atoms with van der Waals surface area (Å²) in [5.41, 5.74) is 6.72. The Labute approximate surface area is 130 Å². The number of amides is 1. The number of sulfonamides is 1. The zero-order valence-electron chi connectivity index (χ0n) is 12.3. The summed E-state index contributed by atoms with van der Waals surface area (Å²) in [7, 11) is -3.84. The van der Waals surface area contributed by atoms with Gasteiger partial charge in [0.05, 0.1) is 10.6 Å². The monoisotopic (exact) mass is 318 g/mol. The normalized spacial score (nSPS) is 11.1. The molecule has 0 fully saturated rings. The van der Waals surface area contributed by atoms with Crippen LogP contribution in [0.2, 0.25) is 0 Å². The molecule has 6 heteroatoms. The van der Waals surface area contributed by atoms with Crippen molar-refractivity contribution in [2.24, 2.45) is 5.73 Å². The number of rotatable bonds is 6. The zero-order chi connectivity index (χ0) is 16.2. The van der Waals surface area contributed by atoms with Crippen molar-refractivity contribution in [2.75, 3.05) is 10.8 Å². The molecule has 0 saturated carbocycles. The smallest absolute Gasteiger partial charge is 0.264 e. The fourth-order valence-electron chi connectivity index (χ4n) is 2.07. The highest BCUT2D eigenvalue weighted by molar-refractivity contribution is 7.92. The molecular weight excluding hydrogens is 300 g/mol. The molecule has 0 atom stereocenters. The Morgan fingerprint density at radius 2 is 1.64 bits per heavy atom. The van der Waals surface area contributed by atoms with E-state index in [1.54, 1.807) is 30.3 Å². The molecule has 0 heterocycles. The van der Waals surface area contributed by atoms with E-state index in [1.807, 2.05) is 19.1 Å². The van der Waals surface area contributed by atoms with Crippen LogP contribution in [0.3, 0.4) is 0 Å². The molecule has 2 N–H and O–H groups in total. The first-order valence-electron chi connectivity index (χ1n) is 6.90. The molecule has 2 aromatic carbocycles. The highest BCUT2D eigenvalue weighted by Crippen LogP contribution is 2.23. The van der Waals surface area contributed by atoms with Gasteiger partial charge in [-0.25, -0.2) is 8.42 Å². The summed E-state index contributed by atoms with van der Waals surface area (Å²) < 4.78 is 26.5. The van der Waals surface area contributed by atoms with Crippen LogP contribution >= 0.6 is 0 Å². The van der Waals surface area contributed by atoms with Crippen molar-refractivity contribution in [1.82, 2.24) is 0 Å². The quantitative estimate of drug-likeness (QED) is 0.883. The number of nitrogens with two attached hydrogens (primary N) is 1. The number of carbonyl (C=O) groups is 1. The molecule has 22 heavy (non-hydrogen) atoms. The molecule has 2 aromatic rings. The van der Waals surface area contributed by atoms with E-state index in [4.69, 9.17) is 5.73 Å². The van der Waals surface area contributed by atoms with Crippen LogP contribution < -0.4 is 10.0 Å². The molecule has 0 radical (unpaired) electrons. The van der Waals surface area contributed by atoms with Crippen LogP contribution in [0, 0.1) is 0 Å². The lowest BCUT2D eigenvalue weighted by Crippen LogP contribution is -2.38. The predicted molar refractivity (Wildman–Crippen MR) is 86.0 cm³/mol. The van der Waals surface area contributed by atoms with Crippen molar-refractivity contribution in [1.29, 1.82) is 0 Å². The number of anilines is 1. The SMILES string of the molecule is CCc1ccc(N(CC(N)=O)S(=O)(=O)c2ccccc2)cc1. The van der Waals surface area contributed by atoms with E-state index in [2.05, 4.69) is 0 Å². The van der Waals surface area contributed by atoms with Gasteiger partial charge in [0.25, 0.3) is 10.0 Å². The van der Waals surface area contributed by atoms with Gasteiger partial charge in [-0.05, 0) is 36.2 Å². The summed E-state index contributed by atoms with van der Waals surface area (Å²) >= 11 is 0. The fraction of sp³-hybridized carbons (Fsp3) is 0.188. The van der Waals surface area contributed by atoms with Gasteiger partial charge in [0.1, 0.15) is 6.54 Å². The highest BCUT2D eigenvalue weighted by Gasteiger charge is 2.26. The maximum atomic E-state index is 12.7. The van der Waals surface area contributed by atoms with Crippen LogP contribution in [0.25, 0.3) is 0 Å². The second kappa shape index (κ2) is 6.62. The topological polar surface area (TPSA) is 80.5 Å². The summed E-state index contributed by atoms with van der Waals surface area (Å²) in [6.45, 7) is 1.61. The number of aryl methyl sites for hydroxylation is 1. The van der Waals surface area contributed by atoms with Crippen LogP contribution in [0.1, 0.15) is 12.5 Å². The number of nitrogens with zero attached hydrogens (tertiary/aromatic N) is 1. The van der Waals surface area contributed by atoms with Gasteiger partial charge in [0, 0.05) is 0 Å². The Hall–Kier alpha value is -2.34. The Morgan fingerprint density at radius 1 is 1.05 bits per heavy atom. The molecule has 116 valence electrons. The Kier molecular flexibility index (Phi) is 4.82. The maximum absolute atomic E-state index is 12.7. The van der Waals surface area contributed by atoms with E-state index in [-0.39, 0.29) is 4.90 Å². The highest BCUT2D eigenvalue weighted by atomic mass is 32.2. The number of carbonyl (C=O) groups excluding carboxylic acids is 1. The minimum absolute atomic E-state index is 0.121. The Bertz CT molecular complexity index is 741. The van der Waals surface area contributed by atoms with E-state index >= 15 is 0 Å². The van der Waals surface area contributed by atoms with Crippen molar-refractivity contribution >= 4 is 21.6 Å². The van der Waals surface area contributed by atoms with Crippen molar-refractivity contribution < 1.29 is 13.2 Å². The van der Waals surface area contributed by atoms with E-state index in [0.29, 0.717) is 5.69 Å². The molecule has 0 bridgehead atoms. The van der Waals surface area contributed by atoms with Gasteiger partial charge in [-0.3, -0.25) is 9.10 Å². The summed E-state index contributed by atoms with van der Waals surface area (Å²) in [4.78, 5) is 11.4. The molecule has 0 saturated heterocycles. The molecule has 2 rings (SSSR count). The van der Waals surface area contributed by atoms with Gasteiger partial charge in [0.15, 0.2) is 0 Å². The van der Waals surface area contributed by atoms with E-state index < -0.39 is 22.5 Å².